The van der Waals surface area contributed by atoms with Gasteiger partial charge in [-0.05, 0) is 43.3 Å². The van der Waals surface area contributed by atoms with Crippen LogP contribution in [0.1, 0.15) is 17.3 Å². The smallest absolute Gasteiger partial charge is 0.343 e. The van der Waals surface area contributed by atoms with Gasteiger partial charge in [-0.3, -0.25) is 0 Å². The van der Waals surface area contributed by atoms with Gasteiger partial charge < -0.3 is 20.5 Å². The van der Waals surface area contributed by atoms with Gasteiger partial charge in [0.1, 0.15) is 17.1 Å². The molecule has 7 heteroatoms. The van der Waals surface area contributed by atoms with Crippen LogP contribution in [0.3, 0.4) is 0 Å². The van der Waals surface area contributed by atoms with Crippen molar-refractivity contribution in [3.8, 4) is 17.1 Å². The average Bonchev–Trinajstić information content (AvgIpc) is 2.68. The van der Waals surface area contributed by atoms with Crippen LogP contribution < -0.4 is 15.8 Å². The van der Waals surface area contributed by atoms with E-state index in [-0.39, 0.29) is 12.2 Å². The minimum Gasteiger partial charge on any atom is -0.497 e. The van der Waals surface area contributed by atoms with Crippen molar-refractivity contribution in [1.29, 1.82) is 0 Å². The van der Waals surface area contributed by atoms with E-state index < -0.39 is 5.97 Å². The molecule has 0 aliphatic heterocycles. The number of carbonyl (C=O) groups is 1. The van der Waals surface area contributed by atoms with Crippen LogP contribution >= 0.6 is 0 Å². The van der Waals surface area contributed by atoms with Gasteiger partial charge in [0.2, 0.25) is 0 Å². The Hall–Kier alpha value is -3.61. The van der Waals surface area contributed by atoms with Gasteiger partial charge in [0, 0.05) is 23.1 Å². The highest BCUT2D eigenvalue weighted by atomic mass is 16.5. The Labute approximate surface area is 157 Å². The number of anilines is 3. The molecule has 0 radical (unpaired) electrons. The standard InChI is InChI=1S/C20H20N4O3/c1-3-27-20(25)17-12-22-18(13-5-4-6-14(21)11-13)24-19(17)23-15-7-9-16(26-2)10-8-15/h4-12H,3,21H2,1-2H3,(H,22,23,24). The number of esters is 1. The zero-order valence-corrected chi connectivity index (χ0v) is 15.1. The number of hydrogen-bond donors (Lipinski definition) is 2. The van der Waals surface area contributed by atoms with E-state index in [1.807, 2.05) is 36.4 Å². The fourth-order valence-corrected chi connectivity index (χ4v) is 2.46. The number of hydrogen-bond acceptors (Lipinski definition) is 7. The van der Waals surface area contributed by atoms with Gasteiger partial charge in [-0.2, -0.15) is 0 Å². The van der Waals surface area contributed by atoms with Crippen LogP contribution in [-0.2, 0) is 4.74 Å². The Morgan fingerprint density at radius 3 is 2.63 bits per heavy atom. The number of rotatable bonds is 6. The molecule has 0 bridgehead atoms. The third-order valence-electron chi connectivity index (χ3n) is 3.78. The second-order valence-electron chi connectivity index (χ2n) is 5.66. The molecular weight excluding hydrogens is 344 g/mol. The largest absolute Gasteiger partial charge is 0.497 e. The van der Waals surface area contributed by atoms with Gasteiger partial charge in [-0.15, -0.1) is 0 Å². The Morgan fingerprint density at radius 1 is 1.19 bits per heavy atom. The third kappa shape index (κ3) is 4.33. The molecule has 1 heterocycles. The number of nitrogen functional groups attached to an aromatic ring is 1. The first kappa shape index (κ1) is 18.2. The molecule has 3 rings (SSSR count). The van der Waals surface area contributed by atoms with E-state index >= 15 is 0 Å². The molecule has 0 saturated heterocycles. The Bertz CT molecular complexity index is 942. The van der Waals surface area contributed by atoms with E-state index in [4.69, 9.17) is 15.2 Å². The highest BCUT2D eigenvalue weighted by Crippen LogP contribution is 2.25. The molecule has 0 aliphatic rings. The van der Waals surface area contributed by atoms with Crippen LogP contribution in [0.15, 0.2) is 54.7 Å². The van der Waals surface area contributed by atoms with E-state index in [1.54, 1.807) is 26.2 Å². The lowest BCUT2D eigenvalue weighted by atomic mass is 10.2. The van der Waals surface area contributed by atoms with Crippen LogP contribution in [-0.4, -0.2) is 29.7 Å². The van der Waals surface area contributed by atoms with Gasteiger partial charge in [0.15, 0.2) is 5.82 Å². The summed E-state index contributed by atoms with van der Waals surface area (Å²) in [6.45, 7) is 2.01. The van der Waals surface area contributed by atoms with Gasteiger partial charge in [-0.25, -0.2) is 14.8 Å². The van der Waals surface area contributed by atoms with Crippen molar-refractivity contribution in [1.82, 2.24) is 9.97 Å². The Kier molecular flexibility index (Phi) is 5.51. The van der Waals surface area contributed by atoms with Crippen molar-refractivity contribution in [3.63, 3.8) is 0 Å². The summed E-state index contributed by atoms with van der Waals surface area (Å²) in [5, 5.41) is 3.15. The highest BCUT2D eigenvalue weighted by Gasteiger charge is 2.17. The Balaban J connectivity index is 2.00. The van der Waals surface area contributed by atoms with Gasteiger partial charge in [-0.1, -0.05) is 12.1 Å². The number of methoxy groups -OCH3 is 1. The molecule has 0 unspecified atom stereocenters. The van der Waals surface area contributed by atoms with Gasteiger partial charge in [0.25, 0.3) is 0 Å². The van der Waals surface area contributed by atoms with Gasteiger partial charge in [0.05, 0.1) is 13.7 Å². The predicted octanol–water partition coefficient (Wildman–Crippen LogP) is 3.65. The number of ether oxygens (including phenoxy) is 2. The molecule has 0 atom stereocenters. The van der Waals surface area contributed by atoms with E-state index in [2.05, 4.69) is 15.3 Å². The van der Waals surface area contributed by atoms with Crippen molar-refractivity contribution < 1.29 is 14.3 Å². The summed E-state index contributed by atoms with van der Waals surface area (Å²) in [6.07, 6.45) is 1.45. The van der Waals surface area contributed by atoms with Crippen LogP contribution in [0.5, 0.6) is 5.75 Å². The summed E-state index contributed by atoms with van der Waals surface area (Å²) in [4.78, 5) is 21.1. The van der Waals surface area contributed by atoms with Crippen molar-refractivity contribution in [2.24, 2.45) is 0 Å². The normalized spacial score (nSPS) is 10.3. The van der Waals surface area contributed by atoms with Crippen LogP contribution in [0.25, 0.3) is 11.4 Å². The first-order valence-electron chi connectivity index (χ1n) is 8.42. The lowest BCUT2D eigenvalue weighted by Crippen LogP contribution is -2.11. The quantitative estimate of drug-likeness (QED) is 0.509. The van der Waals surface area contributed by atoms with Crippen molar-refractivity contribution >= 4 is 23.2 Å². The summed E-state index contributed by atoms with van der Waals surface area (Å²) in [5.74, 6) is 1.04. The summed E-state index contributed by atoms with van der Waals surface area (Å²) < 4.78 is 10.3. The monoisotopic (exact) mass is 364 g/mol. The molecule has 0 saturated carbocycles. The first-order chi connectivity index (χ1) is 13.1. The minimum atomic E-state index is -0.493. The average molecular weight is 364 g/mol. The zero-order chi connectivity index (χ0) is 19.2. The number of nitrogens with one attached hydrogen (secondary N) is 1. The number of benzene rings is 2. The van der Waals surface area contributed by atoms with Crippen molar-refractivity contribution in [2.75, 3.05) is 24.8 Å². The van der Waals surface area contributed by atoms with Crippen LogP contribution in [0.2, 0.25) is 0 Å². The van der Waals surface area contributed by atoms with Gasteiger partial charge >= 0.3 is 5.97 Å². The molecule has 0 spiro atoms. The number of carbonyl (C=O) groups excluding carboxylic acids is 1. The van der Waals surface area contributed by atoms with Crippen molar-refractivity contribution in [2.45, 2.75) is 6.92 Å². The summed E-state index contributed by atoms with van der Waals surface area (Å²) in [6, 6.07) is 14.5. The molecule has 3 aromatic rings. The van der Waals surface area contributed by atoms with Crippen LogP contribution in [0.4, 0.5) is 17.2 Å². The molecule has 138 valence electrons. The fourth-order valence-electron chi connectivity index (χ4n) is 2.46. The maximum Gasteiger partial charge on any atom is 0.343 e. The number of nitrogens with two attached hydrogens (primary N) is 1. The summed E-state index contributed by atoms with van der Waals surface area (Å²) >= 11 is 0. The maximum absolute atomic E-state index is 12.3. The summed E-state index contributed by atoms with van der Waals surface area (Å²) in [5.41, 5.74) is 8.20. The fraction of sp³-hybridized carbons (Fsp3) is 0.150. The van der Waals surface area contributed by atoms with E-state index in [9.17, 15) is 4.79 Å². The third-order valence-corrected chi connectivity index (χ3v) is 3.78. The highest BCUT2D eigenvalue weighted by molar-refractivity contribution is 5.95. The molecule has 27 heavy (non-hydrogen) atoms. The van der Waals surface area contributed by atoms with E-state index in [0.717, 1.165) is 17.0 Å². The first-order valence-corrected chi connectivity index (χ1v) is 8.42. The van der Waals surface area contributed by atoms with E-state index in [0.29, 0.717) is 17.3 Å². The molecule has 0 aliphatic carbocycles. The Morgan fingerprint density at radius 2 is 1.96 bits per heavy atom. The second kappa shape index (κ2) is 8.18. The molecule has 2 aromatic carbocycles. The molecule has 1 aromatic heterocycles. The predicted molar refractivity (Wildman–Crippen MR) is 104 cm³/mol. The maximum atomic E-state index is 12.3. The SMILES string of the molecule is CCOC(=O)c1cnc(-c2cccc(N)c2)nc1Nc1ccc(OC)cc1. The number of nitrogens with zero attached hydrogens (tertiary/aromatic N) is 2. The summed E-state index contributed by atoms with van der Waals surface area (Å²) in [7, 11) is 1.60. The number of aromatic nitrogens is 2. The molecule has 0 amide bonds. The van der Waals surface area contributed by atoms with Crippen LogP contribution in [0, 0.1) is 0 Å². The second-order valence-corrected chi connectivity index (χ2v) is 5.66. The lowest BCUT2D eigenvalue weighted by molar-refractivity contribution is 0.0526. The molecule has 3 N–H and O–H groups in total. The molecule has 7 nitrogen and oxygen atoms in total. The molecular formula is C20H20N4O3. The zero-order valence-electron chi connectivity index (χ0n) is 15.1. The minimum absolute atomic E-state index is 0.250. The van der Waals surface area contributed by atoms with E-state index in [1.165, 1.54) is 6.20 Å². The van der Waals surface area contributed by atoms with Crippen molar-refractivity contribution in [3.05, 3.63) is 60.3 Å². The molecule has 0 fully saturated rings. The lowest BCUT2D eigenvalue weighted by Gasteiger charge is -2.12. The topological polar surface area (TPSA) is 99.4 Å².